The van der Waals surface area contributed by atoms with E-state index in [4.69, 9.17) is 5.73 Å². The van der Waals surface area contributed by atoms with Crippen molar-refractivity contribution in [3.05, 3.63) is 51.7 Å². The third kappa shape index (κ3) is 8.89. The predicted octanol–water partition coefficient (Wildman–Crippen LogP) is 5.69. The van der Waals surface area contributed by atoms with E-state index in [1.807, 2.05) is 62.2 Å². The van der Waals surface area contributed by atoms with Crippen LogP contribution in [0, 0.1) is 0 Å². The maximum absolute atomic E-state index is 12.8. The van der Waals surface area contributed by atoms with E-state index < -0.39 is 6.09 Å². The summed E-state index contributed by atoms with van der Waals surface area (Å²) in [5.74, 6) is 1.99. The number of carbonyl (C=O) groups is 2. The molecule has 1 atom stereocenters. The highest BCUT2D eigenvalue weighted by atomic mass is 33.1. The number of carboxylic acid groups (broad SMARTS) is 1. The second kappa shape index (κ2) is 14.6. The maximum atomic E-state index is 12.8. The quantitative estimate of drug-likeness (QED) is 0.124. The number of thiophene rings is 1. The lowest BCUT2D eigenvalue weighted by Gasteiger charge is -2.39. The van der Waals surface area contributed by atoms with Crippen molar-refractivity contribution in [3.63, 3.8) is 0 Å². The molecule has 0 spiro atoms. The molecule has 0 saturated carbocycles. The molecular formula is C29H41N5O3S3. The Morgan fingerprint density at radius 1 is 1.18 bits per heavy atom. The lowest BCUT2D eigenvalue weighted by molar-refractivity contribution is -0.133. The third-order valence-electron chi connectivity index (χ3n) is 7.51. The molecule has 0 bridgehead atoms. The predicted molar refractivity (Wildman–Crippen MR) is 169 cm³/mol. The number of carbonyl (C=O) groups excluding carboxylic acids is 1. The first-order chi connectivity index (χ1) is 19.2. The molecule has 1 unspecified atom stereocenters. The molecule has 8 nitrogen and oxygen atoms in total. The fraction of sp³-hybridized carbons (Fsp3) is 0.552. The zero-order valence-corrected chi connectivity index (χ0v) is 25.9. The third-order valence-corrected chi connectivity index (χ3v) is 11.4. The molecule has 2 fully saturated rings. The largest absolute Gasteiger partial charge is 0.465 e. The molecule has 1 aromatic heterocycles. The highest BCUT2D eigenvalue weighted by Crippen LogP contribution is 2.40. The normalized spacial score (nSPS) is 18.7. The Balaban J connectivity index is 1.33. The van der Waals surface area contributed by atoms with Gasteiger partial charge in [0.1, 0.15) is 5.84 Å². The van der Waals surface area contributed by atoms with Gasteiger partial charge in [0.05, 0.1) is 10.6 Å². The minimum Gasteiger partial charge on any atom is -0.465 e. The summed E-state index contributed by atoms with van der Waals surface area (Å²) >= 11 is 1.53. The van der Waals surface area contributed by atoms with Crippen LogP contribution < -0.4 is 11.1 Å². The first-order valence-electron chi connectivity index (χ1n) is 14.0. The Hall–Kier alpha value is -2.21. The van der Waals surface area contributed by atoms with Gasteiger partial charge < -0.3 is 21.1 Å². The molecule has 4 N–H and O–H groups in total. The Bertz CT molecular complexity index is 1160. The van der Waals surface area contributed by atoms with Gasteiger partial charge in [-0.05, 0) is 54.0 Å². The number of unbranched alkanes of at least 4 members (excludes halogenated alkanes) is 1. The minimum absolute atomic E-state index is 0.191. The molecule has 2 aliphatic rings. The lowest BCUT2D eigenvalue weighted by Crippen LogP contribution is -2.51. The molecule has 0 aliphatic carbocycles. The van der Waals surface area contributed by atoms with Crippen molar-refractivity contribution < 1.29 is 14.7 Å². The van der Waals surface area contributed by atoms with Gasteiger partial charge in [-0.1, -0.05) is 54.0 Å². The van der Waals surface area contributed by atoms with Crippen molar-refractivity contribution in [1.29, 1.82) is 0 Å². The summed E-state index contributed by atoms with van der Waals surface area (Å²) in [6.45, 7) is 8.58. The van der Waals surface area contributed by atoms with E-state index in [9.17, 15) is 14.7 Å². The highest BCUT2D eigenvalue weighted by Gasteiger charge is 2.29. The van der Waals surface area contributed by atoms with E-state index in [2.05, 4.69) is 29.1 Å². The van der Waals surface area contributed by atoms with Gasteiger partial charge in [-0.25, -0.2) is 9.79 Å². The minimum atomic E-state index is -1.06. The maximum Gasteiger partial charge on any atom is 0.404 e. The monoisotopic (exact) mass is 603 g/mol. The fourth-order valence-corrected chi connectivity index (χ4v) is 9.07. The van der Waals surface area contributed by atoms with E-state index in [1.165, 1.54) is 29.9 Å². The van der Waals surface area contributed by atoms with Crippen LogP contribution in [-0.4, -0.2) is 76.5 Å². The van der Waals surface area contributed by atoms with Crippen LogP contribution in [0.2, 0.25) is 0 Å². The standard InChI is InChI=1S/C29H41N5O3S3/c1-29(2,20-33-12-14-34(15-13-33)26(35)8-4-3-6-23-11-17-39-40-23)24-10-9-22(18-21(24)19-31-28(36)37)32-27(30)25-7-5-16-38-25/h5,7,9-10,16,18,23,31H,3-4,6,8,11-15,17,19-20H2,1-2H3,(H2,30,32)(H,36,37). The number of benzene rings is 1. The fourth-order valence-electron chi connectivity index (χ4n) is 5.42. The molecule has 0 radical (unpaired) electrons. The summed E-state index contributed by atoms with van der Waals surface area (Å²) in [5.41, 5.74) is 8.62. The first kappa shape index (κ1) is 30.7. The summed E-state index contributed by atoms with van der Waals surface area (Å²) in [6, 6.07) is 9.78. The number of nitrogens with zero attached hydrogens (tertiary/aromatic N) is 3. The van der Waals surface area contributed by atoms with Crippen molar-refractivity contribution in [2.45, 2.75) is 63.2 Å². The van der Waals surface area contributed by atoms with E-state index in [-0.39, 0.29) is 17.9 Å². The van der Waals surface area contributed by atoms with E-state index in [0.29, 0.717) is 17.9 Å². The number of nitrogens with two attached hydrogens (primary N) is 1. The van der Waals surface area contributed by atoms with Crippen LogP contribution in [0.4, 0.5) is 10.5 Å². The molecule has 2 saturated heterocycles. The van der Waals surface area contributed by atoms with Gasteiger partial charge in [-0.3, -0.25) is 9.69 Å². The number of amides is 2. The Morgan fingerprint density at radius 3 is 2.65 bits per heavy atom. The summed E-state index contributed by atoms with van der Waals surface area (Å²) in [5, 5.41) is 14.5. The number of aliphatic imine (C=N–C) groups is 1. The van der Waals surface area contributed by atoms with Crippen molar-refractivity contribution in [1.82, 2.24) is 15.1 Å². The summed E-state index contributed by atoms with van der Waals surface area (Å²) in [6.07, 6.45) is 4.26. The first-order valence-corrected chi connectivity index (χ1v) is 17.2. The number of hydrogen-bond donors (Lipinski definition) is 3. The molecule has 3 heterocycles. The number of hydrogen-bond acceptors (Lipinski definition) is 7. The van der Waals surface area contributed by atoms with Gasteiger partial charge in [0, 0.05) is 62.1 Å². The molecular weight excluding hydrogens is 563 g/mol. The molecule has 1 aromatic carbocycles. The van der Waals surface area contributed by atoms with E-state index >= 15 is 0 Å². The second-order valence-corrected chi connectivity index (χ2v) is 14.8. The number of piperazine rings is 1. The Labute approximate surface area is 249 Å². The van der Waals surface area contributed by atoms with Crippen LogP contribution in [0.15, 0.2) is 40.7 Å². The molecule has 2 amide bonds. The van der Waals surface area contributed by atoms with Crippen molar-refractivity contribution >= 4 is 56.4 Å². The Morgan fingerprint density at radius 2 is 1.98 bits per heavy atom. The average Bonchev–Trinajstić information content (AvgIpc) is 3.65. The van der Waals surface area contributed by atoms with Gasteiger partial charge in [0.25, 0.3) is 0 Å². The zero-order valence-electron chi connectivity index (χ0n) is 23.4. The van der Waals surface area contributed by atoms with Gasteiger partial charge in [0.15, 0.2) is 0 Å². The Kier molecular flexibility index (Phi) is 11.2. The van der Waals surface area contributed by atoms with Crippen LogP contribution >= 0.6 is 32.9 Å². The van der Waals surface area contributed by atoms with Crippen LogP contribution in [0.1, 0.15) is 62.0 Å². The molecule has 218 valence electrons. The van der Waals surface area contributed by atoms with Crippen LogP contribution in [0.3, 0.4) is 0 Å². The number of nitrogens with one attached hydrogen (secondary N) is 1. The van der Waals surface area contributed by atoms with Crippen molar-refractivity contribution in [2.24, 2.45) is 10.7 Å². The SMILES string of the molecule is CC(C)(CN1CCN(C(=O)CCCCC2CCSS2)CC1)c1ccc(N=C(N)c2cccs2)cc1CNC(=O)O. The highest BCUT2D eigenvalue weighted by molar-refractivity contribution is 8.77. The second-order valence-electron chi connectivity index (χ2n) is 11.1. The topological polar surface area (TPSA) is 111 Å². The van der Waals surface area contributed by atoms with Crippen LogP contribution in [0.5, 0.6) is 0 Å². The van der Waals surface area contributed by atoms with Gasteiger partial charge >= 0.3 is 6.09 Å². The molecule has 11 heteroatoms. The van der Waals surface area contributed by atoms with E-state index in [1.54, 1.807) is 0 Å². The molecule has 40 heavy (non-hydrogen) atoms. The van der Waals surface area contributed by atoms with Crippen molar-refractivity contribution in [2.75, 3.05) is 38.5 Å². The molecule has 4 rings (SSSR count). The number of amidine groups is 1. The summed E-state index contributed by atoms with van der Waals surface area (Å²) < 4.78 is 0. The van der Waals surface area contributed by atoms with Gasteiger partial charge in [-0.2, -0.15) is 0 Å². The summed E-state index contributed by atoms with van der Waals surface area (Å²) in [7, 11) is 3.99. The van der Waals surface area contributed by atoms with Crippen LogP contribution in [0.25, 0.3) is 0 Å². The van der Waals surface area contributed by atoms with Crippen LogP contribution in [-0.2, 0) is 16.8 Å². The molecule has 2 aromatic rings. The number of rotatable bonds is 12. The zero-order chi connectivity index (χ0) is 28.5. The van der Waals surface area contributed by atoms with E-state index in [0.717, 1.165) is 66.8 Å². The molecule has 2 aliphatic heterocycles. The lowest BCUT2D eigenvalue weighted by atomic mass is 9.80. The summed E-state index contributed by atoms with van der Waals surface area (Å²) in [4.78, 5) is 34.0. The average molecular weight is 604 g/mol. The van der Waals surface area contributed by atoms with Gasteiger partial charge in [-0.15, -0.1) is 11.3 Å². The van der Waals surface area contributed by atoms with Crippen molar-refractivity contribution in [3.8, 4) is 0 Å². The smallest absolute Gasteiger partial charge is 0.404 e. The van der Waals surface area contributed by atoms with Gasteiger partial charge in [0.2, 0.25) is 5.91 Å².